The second kappa shape index (κ2) is 7.10. The molecular formula is C16H23N3. The number of para-hydroxylation sites is 1. The van der Waals surface area contributed by atoms with Crippen molar-refractivity contribution in [1.82, 2.24) is 15.1 Å². The van der Waals surface area contributed by atoms with Crippen LogP contribution in [0, 0.1) is 0 Å². The van der Waals surface area contributed by atoms with E-state index in [1.165, 1.54) is 12.1 Å². The lowest BCUT2D eigenvalue weighted by Gasteiger charge is -2.14. The first-order chi connectivity index (χ1) is 9.33. The standard InChI is InChI=1S/C16H23N3/c1-3-11-17-12-9-14(2)16-10-13-18-19(16)15-7-5-4-6-8-15/h4-8,10,13-14,17H,3,9,11-12H2,1-2H3. The van der Waals surface area contributed by atoms with Gasteiger partial charge in [0.25, 0.3) is 0 Å². The highest BCUT2D eigenvalue weighted by molar-refractivity contribution is 5.33. The average molecular weight is 257 g/mol. The number of nitrogens with one attached hydrogen (secondary N) is 1. The fourth-order valence-corrected chi connectivity index (χ4v) is 2.24. The predicted molar refractivity (Wildman–Crippen MR) is 79.8 cm³/mol. The Morgan fingerprint density at radius 3 is 2.68 bits per heavy atom. The molecule has 0 aliphatic carbocycles. The van der Waals surface area contributed by atoms with Gasteiger partial charge in [0.1, 0.15) is 0 Å². The van der Waals surface area contributed by atoms with Crippen molar-refractivity contribution in [2.75, 3.05) is 13.1 Å². The van der Waals surface area contributed by atoms with Gasteiger partial charge in [-0.3, -0.25) is 0 Å². The van der Waals surface area contributed by atoms with Gasteiger partial charge in [0, 0.05) is 11.9 Å². The number of benzene rings is 1. The molecule has 0 aliphatic heterocycles. The average Bonchev–Trinajstić information content (AvgIpc) is 2.94. The number of aromatic nitrogens is 2. The van der Waals surface area contributed by atoms with Gasteiger partial charge in [0.15, 0.2) is 0 Å². The van der Waals surface area contributed by atoms with E-state index in [2.05, 4.69) is 42.5 Å². The van der Waals surface area contributed by atoms with E-state index in [1.54, 1.807) is 0 Å². The zero-order chi connectivity index (χ0) is 13.5. The summed E-state index contributed by atoms with van der Waals surface area (Å²) in [6.07, 6.45) is 4.22. The monoisotopic (exact) mass is 257 g/mol. The number of hydrogen-bond acceptors (Lipinski definition) is 2. The summed E-state index contributed by atoms with van der Waals surface area (Å²) in [4.78, 5) is 0. The number of hydrogen-bond donors (Lipinski definition) is 1. The highest BCUT2D eigenvalue weighted by atomic mass is 15.3. The minimum atomic E-state index is 0.507. The maximum absolute atomic E-state index is 4.45. The molecule has 3 heteroatoms. The van der Waals surface area contributed by atoms with E-state index in [-0.39, 0.29) is 0 Å². The lowest BCUT2D eigenvalue weighted by molar-refractivity contribution is 0.571. The lowest BCUT2D eigenvalue weighted by Crippen LogP contribution is -2.18. The molecule has 0 radical (unpaired) electrons. The Bertz CT molecular complexity index is 476. The molecule has 0 saturated carbocycles. The van der Waals surface area contributed by atoms with E-state index in [9.17, 15) is 0 Å². The first-order valence-electron chi connectivity index (χ1n) is 7.13. The molecule has 1 atom stereocenters. The molecule has 19 heavy (non-hydrogen) atoms. The molecule has 1 aromatic heterocycles. The highest BCUT2D eigenvalue weighted by Crippen LogP contribution is 2.21. The second-order valence-electron chi connectivity index (χ2n) is 4.94. The first-order valence-corrected chi connectivity index (χ1v) is 7.13. The van der Waals surface area contributed by atoms with Gasteiger partial charge in [-0.05, 0) is 50.0 Å². The first kappa shape index (κ1) is 13.8. The predicted octanol–water partition coefficient (Wildman–Crippen LogP) is 3.37. The summed E-state index contributed by atoms with van der Waals surface area (Å²) in [5.41, 5.74) is 2.42. The lowest BCUT2D eigenvalue weighted by atomic mass is 10.0. The fourth-order valence-electron chi connectivity index (χ4n) is 2.24. The number of nitrogens with zero attached hydrogens (tertiary/aromatic N) is 2. The van der Waals surface area contributed by atoms with Crippen molar-refractivity contribution in [1.29, 1.82) is 0 Å². The Kier molecular flexibility index (Phi) is 5.16. The molecule has 0 bridgehead atoms. The quantitative estimate of drug-likeness (QED) is 0.771. The van der Waals surface area contributed by atoms with Gasteiger partial charge in [-0.1, -0.05) is 32.0 Å². The van der Waals surface area contributed by atoms with Gasteiger partial charge in [0.05, 0.1) is 5.69 Å². The van der Waals surface area contributed by atoms with E-state index in [1.807, 2.05) is 29.1 Å². The molecule has 2 aromatic rings. The van der Waals surface area contributed by atoms with Crippen LogP contribution in [0.2, 0.25) is 0 Å². The van der Waals surface area contributed by atoms with Crippen molar-refractivity contribution in [3.63, 3.8) is 0 Å². The summed E-state index contributed by atoms with van der Waals surface area (Å²) in [5.74, 6) is 0.507. The van der Waals surface area contributed by atoms with Gasteiger partial charge in [-0.2, -0.15) is 5.10 Å². The Morgan fingerprint density at radius 2 is 1.95 bits per heavy atom. The maximum atomic E-state index is 4.45. The molecule has 0 spiro atoms. The molecule has 0 aliphatic rings. The zero-order valence-electron chi connectivity index (χ0n) is 11.8. The summed E-state index contributed by atoms with van der Waals surface area (Å²) >= 11 is 0. The van der Waals surface area contributed by atoms with Gasteiger partial charge >= 0.3 is 0 Å². The molecule has 1 unspecified atom stereocenters. The van der Waals surface area contributed by atoms with Crippen LogP contribution in [0.4, 0.5) is 0 Å². The van der Waals surface area contributed by atoms with E-state index in [0.29, 0.717) is 5.92 Å². The third-order valence-electron chi connectivity index (χ3n) is 3.36. The zero-order valence-corrected chi connectivity index (χ0v) is 11.8. The third kappa shape index (κ3) is 3.67. The minimum absolute atomic E-state index is 0.507. The van der Waals surface area contributed by atoms with E-state index < -0.39 is 0 Å². The van der Waals surface area contributed by atoms with Crippen molar-refractivity contribution < 1.29 is 0 Å². The molecule has 1 N–H and O–H groups in total. The van der Waals surface area contributed by atoms with Crippen molar-refractivity contribution in [2.24, 2.45) is 0 Å². The largest absolute Gasteiger partial charge is 0.317 e. The summed E-state index contributed by atoms with van der Waals surface area (Å²) < 4.78 is 2.05. The Morgan fingerprint density at radius 1 is 1.16 bits per heavy atom. The molecule has 1 aromatic carbocycles. The summed E-state index contributed by atoms with van der Waals surface area (Å²) in [7, 11) is 0. The van der Waals surface area contributed by atoms with Crippen molar-refractivity contribution in [3.05, 3.63) is 48.3 Å². The van der Waals surface area contributed by atoms with E-state index in [4.69, 9.17) is 0 Å². The molecule has 0 amide bonds. The molecular weight excluding hydrogens is 234 g/mol. The SMILES string of the molecule is CCCNCCC(C)c1ccnn1-c1ccccc1. The van der Waals surface area contributed by atoms with Crippen LogP contribution in [0.25, 0.3) is 5.69 Å². The van der Waals surface area contributed by atoms with Gasteiger partial charge in [-0.25, -0.2) is 4.68 Å². The van der Waals surface area contributed by atoms with Crippen LogP contribution in [-0.4, -0.2) is 22.9 Å². The van der Waals surface area contributed by atoms with Crippen LogP contribution in [0.1, 0.15) is 38.3 Å². The normalized spacial score (nSPS) is 12.5. The minimum Gasteiger partial charge on any atom is -0.317 e. The van der Waals surface area contributed by atoms with E-state index >= 15 is 0 Å². The van der Waals surface area contributed by atoms with Crippen LogP contribution >= 0.6 is 0 Å². The number of rotatable bonds is 7. The molecule has 0 fully saturated rings. The smallest absolute Gasteiger partial charge is 0.0648 e. The summed E-state index contributed by atoms with van der Waals surface area (Å²) in [6, 6.07) is 12.4. The van der Waals surface area contributed by atoms with Crippen LogP contribution in [0.15, 0.2) is 42.6 Å². The fraction of sp³-hybridized carbons (Fsp3) is 0.438. The van der Waals surface area contributed by atoms with Crippen LogP contribution < -0.4 is 5.32 Å². The van der Waals surface area contributed by atoms with Crippen molar-refractivity contribution in [2.45, 2.75) is 32.6 Å². The van der Waals surface area contributed by atoms with Gasteiger partial charge in [0.2, 0.25) is 0 Å². The molecule has 1 heterocycles. The van der Waals surface area contributed by atoms with Crippen LogP contribution in [0.3, 0.4) is 0 Å². The molecule has 2 rings (SSSR count). The highest BCUT2D eigenvalue weighted by Gasteiger charge is 2.11. The topological polar surface area (TPSA) is 29.9 Å². The second-order valence-corrected chi connectivity index (χ2v) is 4.94. The van der Waals surface area contributed by atoms with Crippen molar-refractivity contribution >= 4 is 0 Å². The third-order valence-corrected chi connectivity index (χ3v) is 3.36. The van der Waals surface area contributed by atoms with Gasteiger partial charge in [-0.15, -0.1) is 0 Å². The summed E-state index contributed by atoms with van der Waals surface area (Å²) in [6.45, 7) is 6.63. The Balaban J connectivity index is 2.03. The van der Waals surface area contributed by atoms with Crippen LogP contribution in [-0.2, 0) is 0 Å². The molecule has 3 nitrogen and oxygen atoms in total. The van der Waals surface area contributed by atoms with Crippen LogP contribution in [0.5, 0.6) is 0 Å². The Hall–Kier alpha value is -1.61. The molecule has 0 saturated heterocycles. The summed E-state index contributed by atoms with van der Waals surface area (Å²) in [5, 5.41) is 7.91. The molecule has 102 valence electrons. The van der Waals surface area contributed by atoms with Crippen molar-refractivity contribution in [3.8, 4) is 5.69 Å². The Labute approximate surface area is 115 Å². The van der Waals surface area contributed by atoms with Gasteiger partial charge < -0.3 is 5.32 Å². The van der Waals surface area contributed by atoms with E-state index in [0.717, 1.165) is 25.2 Å². The maximum Gasteiger partial charge on any atom is 0.0648 e.